The summed E-state index contributed by atoms with van der Waals surface area (Å²) in [6.45, 7) is 5.06. The number of sulfonamides is 1. The summed E-state index contributed by atoms with van der Waals surface area (Å²) in [5, 5.41) is -0.0300. The number of ether oxygens (including phenoxy) is 3. The molecule has 0 aliphatic carbocycles. The third kappa shape index (κ3) is 6.81. The molecule has 2 aromatic rings. The first-order chi connectivity index (χ1) is 14.9. The van der Waals surface area contributed by atoms with Crippen LogP contribution in [0.4, 0.5) is 0 Å². The average Bonchev–Trinajstić information content (AvgIpc) is 2.70. The second-order valence-electron chi connectivity index (χ2n) is 7.66. The maximum absolute atomic E-state index is 12.7. The summed E-state index contributed by atoms with van der Waals surface area (Å²) in [5.41, 5.74) is -0.142. The second-order valence-corrected chi connectivity index (χ2v) is 9.72. The van der Waals surface area contributed by atoms with Gasteiger partial charge in [0.25, 0.3) is 0 Å². The number of rotatable bonds is 7. The molecular weight excluding hydrogens is 458 g/mol. The van der Waals surface area contributed by atoms with Gasteiger partial charge in [-0.3, -0.25) is 0 Å². The lowest BCUT2D eigenvalue weighted by molar-refractivity contribution is -0.134. The Labute approximate surface area is 192 Å². The molecular formula is C22H24ClNO7S. The zero-order valence-electron chi connectivity index (χ0n) is 18.3. The van der Waals surface area contributed by atoms with E-state index in [-0.39, 0.29) is 27.0 Å². The Bertz CT molecular complexity index is 1150. The van der Waals surface area contributed by atoms with Gasteiger partial charge in [0, 0.05) is 11.6 Å². The third-order valence-electron chi connectivity index (χ3n) is 3.90. The van der Waals surface area contributed by atoms with Crippen molar-refractivity contribution in [3.8, 4) is 11.5 Å². The lowest BCUT2D eigenvalue weighted by atomic mass is 10.1. The van der Waals surface area contributed by atoms with Gasteiger partial charge in [0.15, 0.2) is 11.5 Å². The van der Waals surface area contributed by atoms with Gasteiger partial charge in [-0.1, -0.05) is 17.7 Å². The SMILES string of the molecule is COC(=O)/C=C/c1ccc(OC(=O)c2ccc(Cl)c(S(=O)(=O)NC(C)(C)C)c2)c(OC)c1. The highest BCUT2D eigenvalue weighted by atomic mass is 35.5. The van der Waals surface area contributed by atoms with E-state index < -0.39 is 27.5 Å². The van der Waals surface area contributed by atoms with Gasteiger partial charge in [-0.15, -0.1) is 0 Å². The molecule has 8 nitrogen and oxygen atoms in total. The molecule has 2 rings (SSSR count). The Balaban J connectivity index is 2.31. The first-order valence-corrected chi connectivity index (χ1v) is 11.2. The van der Waals surface area contributed by atoms with Gasteiger partial charge < -0.3 is 14.2 Å². The second kappa shape index (κ2) is 10.2. The topological polar surface area (TPSA) is 108 Å². The fourth-order valence-electron chi connectivity index (χ4n) is 2.56. The molecule has 0 spiro atoms. The quantitative estimate of drug-likeness (QED) is 0.363. The summed E-state index contributed by atoms with van der Waals surface area (Å²) in [4.78, 5) is 23.7. The number of carbonyl (C=O) groups excluding carboxylic acids is 2. The molecule has 0 atom stereocenters. The number of hydrogen-bond acceptors (Lipinski definition) is 7. The van der Waals surface area contributed by atoms with Gasteiger partial charge in [0.1, 0.15) is 4.90 Å². The molecule has 32 heavy (non-hydrogen) atoms. The van der Waals surface area contributed by atoms with Crippen molar-refractivity contribution in [3.05, 3.63) is 58.6 Å². The van der Waals surface area contributed by atoms with E-state index in [0.717, 1.165) is 6.07 Å². The van der Waals surface area contributed by atoms with Crippen LogP contribution in [0.15, 0.2) is 47.4 Å². The van der Waals surface area contributed by atoms with Crippen molar-refractivity contribution in [2.24, 2.45) is 0 Å². The minimum Gasteiger partial charge on any atom is -0.493 e. The van der Waals surface area contributed by atoms with Crippen molar-refractivity contribution in [1.82, 2.24) is 4.72 Å². The van der Waals surface area contributed by atoms with Crippen LogP contribution in [0.25, 0.3) is 6.08 Å². The van der Waals surface area contributed by atoms with Crippen molar-refractivity contribution in [2.45, 2.75) is 31.2 Å². The predicted molar refractivity (Wildman–Crippen MR) is 121 cm³/mol. The minimum atomic E-state index is -3.97. The standard InChI is InChI=1S/C22H24ClNO7S/c1-22(2,3)24-32(27,28)19-13-15(8-9-16(19)23)21(26)31-17-10-6-14(12-18(17)29-4)7-11-20(25)30-5/h6-13,24H,1-5H3/b11-7+. The number of benzene rings is 2. The lowest BCUT2D eigenvalue weighted by Crippen LogP contribution is -2.40. The molecule has 0 aliphatic rings. The molecule has 0 saturated heterocycles. The van der Waals surface area contributed by atoms with Crippen molar-refractivity contribution < 1.29 is 32.2 Å². The van der Waals surface area contributed by atoms with E-state index in [2.05, 4.69) is 9.46 Å². The number of nitrogens with one attached hydrogen (secondary N) is 1. The molecule has 0 saturated carbocycles. The van der Waals surface area contributed by atoms with E-state index >= 15 is 0 Å². The fraction of sp³-hybridized carbons (Fsp3) is 0.273. The Morgan fingerprint density at radius 2 is 1.72 bits per heavy atom. The molecule has 0 aromatic heterocycles. The number of esters is 2. The van der Waals surface area contributed by atoms with E-state index in [1.165, 1.54) is 44.6 Å². The first kappa shape index (κ1) is 25.4. The first-order valence-electron chi connectivity index (χ1n) is 9.36. The summed E-state index contributed by atoms with van der Waals surface area (Å²) >= 11 is 6.07. The van der Waals surface area contributed by atoms with Crippen LogP contribution >= 0.6 is 11.6 Å². The molecule has 0 bridgehead atoms. The van der Waals surface area contributed by atoms with Crippen molar-refractivity contribution >= 4 is 39.6 Å². The van der Waals surface area contributed by atoms with E-state index in [4.69, 9.17) is 21.1 Å². The molecule has 0 amide bonds. The van der Waals surface area contributed by atoms with Crippen molar-refractivity contribution in [2.75, 3.05) is 14.2 Å². The molecule has 0 heterocycles. The molecule has 172 valence electrons. The number of methoxy groups -OCH3 is 2. The Morgan fingerprint density at radius 1 is 1.03 bits per heavy atom. The third-order valence-corrected chi connectivity index (χ3v) is 6.14. The largest absolute Gasteiger partial charge is 0.493 e. The van der Waals surface area contributed by atoms with Crippen LogP contribution < -0.4 is 14.2 Å². The summed E-state index contributed by atoms with van der Waals surface area (Å²) in [6.07, 6.45) is 2.75. The maximum Gasteiger partial charge on any atom is 0.343 e. The van der Waals surface area contributed by atoms with Gasteiger partial charge in [0.2, 0.25) is 10.0 Å². The highest BCUT2D eigenvalue weighted by Gasteiger charge is 2.26. The van der Waals surface area contributed by atoms with Crippen LogP contribution in [0.1, 0.15) is 36.7 Å². The number of hydrogen-bond donors (Lipinski definition) is 1. The maximum atomic E-state index is 12.7. The molecule has 1 N–H and O–H groups in total. The van der Waals surface area contributed by atoms with E-state index in [1.54, 1.807) is 32.9 Å². The highest BCUT2D eigenvalue weighted by Crippen LogP contribution is 2.30. The number of carbonyl (C=O) groups is 2. The van der Waals surface area contributed by atoms with Gasteiger partial charge in [-0.05, 0) is 62.7 Å². The molecule has 2 aromatic carbocycles. The lowest BCUT2D eigenvalue weighted by Gasteiger charge is -2.21. The summed E-state index contributed by atoms with van der Waals surface area (Å²) in [6, 6.07) is 8.48. The Hall–Kier alpha value is -2.88. The summed E-state index contributed by atoms with van der Waals surface area (Å²) < 4.78 is 43.0. The average molecular weight is 482 g/mol. The predicted octanol–water partition coefficient (Wildman–Crippen LogP) is 3.83. The smallest absolute Gasteiger partial charge is 0.343 e. The molecule has 0 aliphatic heterocycles. The normalized spacial score (nSPS) is 11.9. The van der Waals surface area contributed by atoms with Crippen LogP contribution in [-0.2, 0) is 19.6 Å². The van der Waals surface area contributed by atoms with Crippen molar-refractivity contribution in [1.29, 1.82) is 0 Å². The Morgan fingerprint density at radius 3 is 2.31 bits per heavy atom. The van der Waals surface area contributed by atoms with E-state index in [0.29, 0.717) is 5.56 Å². The van der Waals surface area contributed by atoms with Crippen LogP contribution in [0.2, 0.25) is 5.02 Å². The number of halogens is 1. The van der Waals surface area contributed by atoms with Gasteiger partial charge in [0.05, 0.1) is 24.8 Å². The highest BCUT2D eigenvalue weighted by molar-refractivity contribution is 7.89. The van der Waals surface area contributed by atoms with Crippen molar-refractivity contribution in [3.63, 3.8) is 0 Å². The van der Waals surface area contributed by atoms with Crippen LogP contribution in [0.5, 0.6) is 11.5 Å². The monoisotopic (exact) mass is 481 g/mol. The van der Waals surface area contributed by atoms with Gasteiger partial charge in [-0.2, -0.15) is 0 Å². The van der Waals surface area contributed by atoms with Crippen LogP contribution in [0.3, 0.4) is 0 Å². The van der Waals surface area contributed by atoms with Gasteiger partial charge >= 0.3 is 11.9 Å². The zero-order chi connectivity index (χ0) is 24.1. The zero-order valence-corrected chi connectivity index (χ0v) is 19.8. The molecule has 0 radical (unpaired) electrons. The minimum absolute atomic E-state index is 0.0135. The summed E-state index contributed by atoms with van der Waals surface area (Å²) in [5.74, 6) is -0.972. The Kier molecular flexibility index (Phi) is 8.06. The molecule has 10 heteroatoms. The molecule has 0 unspecified atom stereocenters. The van der Waals surface area contributed by atoms with Gasteiger partial charge in [-0.25, -0.2) is 22.7 Å². The van der Waals surface area contributed by atoms with Crippen LogP contribution in [-0.4, -0.2) is 40.1 Å². The fourth-order valence-corrected chi connectivity index (χ4v) is 4.50. The van der Waals surface area contributed by atoms with E-state index in [1.807, 2.05) is 0 Å². The summed E-state index contributed by atoms with van der Waals surface area (Å²) in [7, 11) is -1.31. The van der Waals surface area contributed by atoms with Crippen LogP contribution in [0, 0.1) is 0 Å². The molecule has 0 fully saturated rings. The van der Waals surface area contributed by atoms with E-state index in [9.17, 15) is 18.0 Å².